The average molecular weight is 468 g/mol. The van der Waals surface area contributed by atoms with Crippen LogP contribution in [0.15, 0.2) is 42.2 Å². The third-order valence-corrected chi connectivity index (χ3v) is 5.66. The first-order valence-electron chi connectivity index (χ1n) is 9.57. The number of anilines is 1. The molecule has 0 aliphatic carbocycles. The average Bonchev–Trinajstić information content (AvgIpc) is 3.30. The van der Waals surface area contributed by atoms with E-state index in [1.54, 1.807) is 0 Å². The molecule has 174 valence electrons. The number of carbonyl (C=O) groups excluding carboxylic acids is 1. The first-order valence-corrected chi connectivity index (χ1v) is 9.57. The normalized spacial score (nSPS) is 21.7. The second-order valence-corrected chi connectivity index (χ2v) is 7.61. The number of alkyl halides is 3. The molecule has 0 saturated carbocycles. The van der Waals surface area contributed by atoms with Crippen LogP contribution in [-0.2, 0) is 9.53 Å². The Labute approximate surface area is 183 Å². The van der Waals surface area contributed by atoms with Gasteiger partial charge < -0.3 is 19.5 Å². The van der Waals surface area contributed by atoms with E-state index < -0.39 is 45.8 Å². The van der Waals surface area contributed by atoms with Crippen LogP contribution in [0.25, 0.3) is 5.57 Å². The predicted octanol–water partition coefficient (Wildman–Crippen LogP) is 4.80. The van der Waals surface area contributed by atoms with Crippen LogP contribution < -0.4 is 14.8 Å². The standard InChI is InChI=1S/C21H16F4N2O6/c1-10-17(13-5-3-11(22)7-14(13)27(29)30)18(33-20(10,2)21(23,24)25)19(28)26-12-4-6-15-16(8-12)32-9-31-15/h3-8,10H,9H2,1-2H3,(H,26,28). The highest BCUT2D eigenvalue weighted by Gasteiger charge is 2.63. The summed E-state index contributed by atoms with van der Waals surface area (Å²) >= 11 is 0. The van der Waals surface area contributed by atoms with E-state index in [0.29, 0.717) is 17.6 Å². The van der Waals surface area contributed by atoms with Crippen molar-refractivity contribution in [2.24, 2.45) is 5.92 Å². The highest BCUT2D eigenvalue weighted by atomic mass is 19.4. The molecular weight excluding hydrogens is 452 g/mol. The van der Waals surface area contributed by atoms with Crippen molar-refractivity contribution >= 4 is 22.9 Å². The van der Waals surface area contributed by atoms with E-state index >= 15 is 0 Å². The summed E-state index contributed by atoms with van der Waals surface area (Å²) in [5.41, 5.74) is -4.19. The predicted molar refractivity (Wildman–Crippen MR) is 106 cm³/mol. The summed E-state index contributed by atoms with van der Waals surface area (Å²) in [6.07, 6.45) is -4.92. The molecule has 0 radical (unpaired) electrons. The highest BCUT2D eigenvalue weighted by molar-refractivity contribution is 6.09. The van der Waals surface area contributed by atoms with Crippen LogP contribution in [0.2, 0.25) is 0 Å². The molecule has 0 bridgehead atoms. The molecule has 2 aliphatic heterocycles. The molecule has 2 atom stereocenters. The second-order valence-electron chi connectivity index (χ2n) is 7.61. The first-order chi connectivity index (χ1) is 15.4. The Morgan fingerprint density at radius 2 is 1.88 bits per heavy atom. The van der Waals surface area contributed by atoms with Gasteiger partial charge in [0.15, 0.2) is 17.3 Å². The number of hydrogen-bond acceptors (Lipinski definition) is 6. The molecule has 8 nitrogen and oxygen atoms in total. The largest absolute Gasteiger partial charge is 0.471 e. The lowest BCUT2D eigenvalue weighted by Gasteiger charge is -2.32. The number of halogens is 4. The summed E-state index contributed by atoms with van der Waals surface area (Å²) < 4.78 is 70.9. The van der Waals surface area contributed by atoms with Crippen molar-refractivity contribution in [3.05, 3.63) is 63.7 Å². The van der Waals surface area contributed by atoms with E-state index in [-0.39, 0.29) is 23.6 Å². The molecule has 0 aromatic heterocycles. The summed E-state index contributed by atoms with van der Waals surface area (Å²) in [7, 11) is 0. The number of fused-ring (bicyclic) bond motifs is 1. The molecule has 0 saturated heterocycles. The summed E-state index contributed by atoms with van der Waals surface area (Å²) in [5.74, 6) is -3.57. The zero-order chi connectivity index (χ0) is 24.1. The van der Waals surface area contributed by atoms with Gasteiger partial charge >= 0.3 is 6.18 Å². The lowest BCUT2D eigenvalue weighted by molar-refractivity contribution is -0.385. The number of nitro benzene ring substituents is 1. The number of ether oxygens (including phenoxy) is 3. The van der Waals surface area contributed by atoms with Crippen molar-refractivity contribution in [3.63, 3.8) is 0 Å². The number of nitro groups is 1. The van der Waals surface area contributed by atoms with Crippen LogP contribution in [0.4, 0.5) is 28.9 Å². The van der Waals surface area contributed by atoms with E-state index in [9.17, 15) is 32.5 Å². The molecule has 0 spiro atoms. The Morgan fingerprint density at radius 1 is 1.18 bits per heavy atom. The molecule has 12 heteroatoms. The maximum Gasteiger partial charge on any atom is 0.428 e. The number of amides is 1. The van der Waals surface area contributed by atoms with Crippen molar-refractivity contribution in [1.29, 1.82) is 0 Å². The van der Waals surface area contributed by atoms with Gasteiger partial charge in [-0.3, -0.25) is 14.9 Å². The molecule has 1 N–H and O–H groups in total. The van der Waals surface area contributed by atoms with Crippen molar-refractivity contribution in [2.45, 2.75) is 25.6 Å². The Kier molecular flexibility index (Phi) is 5.18. The van der Waals surface area contributed by atoms with Gasteiger partial charge in [0, 0.05) is 23.2 Å². The van der Waals surface area contributed by atoms with Crippen LogP contribution in [0.1, 0.15) is 19.4 Å². The van der Waals surface area contributed by atoms with Gasteiger partial charge in [0.1, 0.15) is 5.82 Å². The van der Waals surface area contributed by atoms with Gasteiger partial charge in [-0.05, 0) is 31.2 Å². The molecule has 4 rings (SSSR count). The van der Waals surface area contributed by atoms with Crippen LogP contribution >= 0.6 is 0 Å². The minimum Gasteiger partial charge on any atom is -0.471 e. The lowest BCUT2D eigenvalue weighted by atomic mass is 9.82. The maximum absolute atomic E-state index is 13.9. The Balaban J connectivity index is 1.81. The molecular formula is C21H16F4N2O6. The fraction of sp³-hybridized carbons (Fsp3) is 0.286. The number of hydrogen-bond donors (Lipinski definition) is 1. The van der Waals surface area contributed by atoms with Gasteiger partial charge in [-0.15, -0.1) is 0 Å². The summed E-state index contributed by atoms with van der Waals surface area (Å²) in [6.45, 7) is 1.85. The van der Waals surface area contributed by atoms with E-state index in [1.165, 1.54) is 18.2 Å². The number of rotatable bonds is 4. The molecule has 33 heavy (non-hydrogen) atoms. The van der Waals surface area contributed by atoms with Gasteiger partial charge in [0.25, 0.3) is 11.6 Å². The van der Waals surface area contributed by atoms with Crippen LogP contribution in [0.5, 0.6) is 11.5 Å². The monoisotopic (exact) mass is 468 g/mol. The van der Waals surface area contributed by atoms with E-state index in [0.717, 1.165) is 26.0 Å². The summed E-state index contributed by atoms with van der Waals surface area (Å²) in [4.78, 5) is 23.6. The minimum absolute atomic E-state index is 0.0270. The Bertz CT molecular complexity index is 1200. The summed E-state index contributed by atoms with van der Waals surface area (Å²) in [6, 6.07) is 6.73. The Hall–Kier alpha value is -3.83. The topological polar surface area (TPSA) is 99.9 Å². The lowest BCUT2D eigenvalue weighted by Crippen LogP contribution is -2.47. The number of nitrogens with one attached hydrogen (secondary N) is 1. The fourth-order valence-corrected chi connectivity index (χ4v) is 3.70. The van der Waals surface area contributed by atoms with E-state index in [1.807, 2.05) is 0 Å². The van der Waals surface area contributed by atoms with Crippen molar-refractivity contribution in [3.8, 4) is 11.5 Å². The van der Waals surface area contributed by atoms with E-state index in [4.69, 9.17) is 14.2 Å². The second kappa shape index (κ2) is 7.64. The minimum atomic E-state index is -4.92. The molecule has 2 aromatic carbocycles. The van der Waals surface area contributed by atoms with Crippen molar-refractivity contribution in [1.82, 2.24) is 0 Å². The van der Waals surface area contributed by atoms with Gasteiger partial charge in [0.2, 0.25) is 12.4 Å². The van der Waals surface area contributed by atoms with Crippen LogP contribution in [0, 0.1) is 21.8 Å². The quantitative estimate of drug-likeness (QED) is 0.393. The Morgan fingerprint density at radius 3 is 2.55 bits per heavy atom. The fourth-order valence-electron chi connectivity index (χ4n) is 3.70. The molecule has 2 aliphatic rings. The van der Waals surface area contributed by atoms with Crippen LogP contribution in [0.3, 0.4) is 0 Å². The smallest absolute Gasteiger partial charge is 0.428 e. The van der Waals surface area contributed by atoms with Crippen molar-refractivity contribution < 1.29 is 41.5 Å². The SMILES string of the molecule is CC1C(c2ccc(F)cc2[N+](=O)[O-])=C(C(=O)Nc2ccc3c(c2)OCO3)OC1(C)C(F)(F)F. The highest BCUT2D eigenvalue weighted by Crippen LogP contribution is 2.53. The zero-order valence-electron chi connectivity index (χ0n) is 17.2. The van der Waals surface area contributed by atoms with Gasteiger partial charge in [-0.2, -0.15) is 13.2 Å². The van der Waals surface area contributed by atoms with Gasteiger partial charge in [0.05, 0.1) is 16.6 Å². The van der Waals surface area contributed by atoms with Gasteiger partial charge in [-0.1, -0.05) is 6.92 Å². The molecule has 1 amide bonds. The first kappa shape index (κ1) is 22.4. The van der Waals surface area contributed by atoms with Gasteiger partial charge in [-0.25, -0.2) is 4.39 Å². The molecule has 2 aromatic rings. The number of benzene rings is 2. The van der Waals surface area contributed by atoms with Crippen molar-refractivity contribution in [2.75, 3.05) is 12.1 Å². The maximum atomic E-state index is 13.9. The summed E-state index contributed by atoms with van der Waals surface area (Å²) in [5, 5.41) is 13.9. The van der Waals surface area contributed by atoms with E-state index in [2.05, 4.69) is 5.32 Å². The molecule has 0 fully saturated rings. The molecule has 2 unspecified atom stereocenters. The number of carbonyl (C=O) groups is 1. The van der Waals surface area contributed by atoms with Crippen LogP contribution in [-0.4, -0.2) is 29.4 Å². The number of nitrogens with zero attached hydrogens (tertiary/aromatic N) is 1. The third kappa shape index (κ3) is 3.70. The molecule has 2 heterocycles. The third-order valence-electron chi connectivity index (χ3n) is 5.66. The zero-order valence-corrected chi connectivity index (χ0v) is 17.2.